The lowest BCUT2D eigenvalue weighted by molar-refractivity contribution is -0.143. The maximum Gasteiger partial charge on any atom is 0.416 e. The predicted molar refractivity (Wildman–Crippen MR) is 153 cm³/mol. The van der Waals surface area contributed by atoms with E-state index in [1.54, 1.807) is 36.4 Å². The van der Waals surface area contributed by atoms with Gasteiger partial charge in [-0.25, -0.2) is 4.39 Å². The van der Waals surface area contributed by atoms with Crippen LogP contribution in [-0.2, 0) is 34.6 Å². The number of hydrogen-bond donors (Lipinski definition) is 1. The Morgan fingerprint density at radius 1 is 0.800 bits per heavy atom. The quantitative estimate of drug-likeness (QED) is 0.127. The molecule has 45 heavy (non-hydrogen) atoms. The number of carbonyl (C=O) groups is 1. The number of nitrogens with one attached hydrogen (secondary N) is 1. The normalized spacial score (nSPS) is 14.0. The van der Waals surface area contributed by atoms with Gasteiger partial charge in [-0.2, -0.15) is 39.5 Å². The molecule has 0 radical (unpaired) electrons. The smallest absolute Gasteiger partial charge is 0.416 e. The third-order valence-corrected chi connectivity index (χ3v) is 7.75. The maximum absolute atomic E-state index is 14.8. The zero-order chi connectivity index (χ0) is 34.1. The molecule has 3 aromatic rings. The van der Waals surface area contributed by atoms with Crippen LogP contribution in [0, 0.1) is 9.39 Å². The van der Waals surface area contributed by atoms with Gasteiger partial charge in [-0.05, 0) is 83.0 Å². The molecule has 15 heteroatoms. The largest absolute Gasteiger partial charge is 0.496 e. The summed E-state index contributed by atoms with van der Waals surface area (Å²) in [7, 11) is 1.22. The van der Waals surface area contributed by atoms with Crippen molar-refractivity contribution in [3.8, 4) is 16.9 Å². The fraction of sp³-hybridized carbons (Fsp3) is 0.367. The van der Waals surface area contributed by atoms with E-state index in [1.807, 2.05) is 0 Å². The molecule has 2 atom stereocenters. The number of hydrogen-bond acceptors (Lipinski definition) is 4. The Labute approximate surface area is 265 Å². The fourth-order valence-corrected chi connectivity index (χ4v) is 5.64. The number of benzene rings is 3. The molecule has 0 heterocycles. The van der Waals surface area contributed by atoms with Crippen molar-refractivity contribution in [3.63, 3.8) is 0 Å². The second-order valence-electron chi connectivity index (χ2n) is 10.4. The lowest BCUT2D eigenvalue weighted by Gasteiger charge is -2.28. The molecule has 0 aromatic heterocycles. The first-order valence-electron chi connectivity index (χ1n) is 13.1. The second kappa shape index (κ2) is 13.7. The average molecular weight is 765 g/mol. The molecule has 246 valence electrons. The molecule has 0 aliphatic heterocycles. The van der Waals surface area contributed by atoms with Crippen LogP contribution in [0.25, 0.3) is 11.1 Å². The molecule has 4 nitrogen and oxygen atoms in total. The van der Waals surface area contributed by atoms with Crippen LogP contribution in [0.4, 0.5) is 43.9 Å². The van der Waals surface area contributed by atoms with E-state index in [-0.39, 0.29) is 50.0 Å². The first kappa shape index (κ1) is 36.4. The van der Waals surface area contributed by atoms with E-state index in [1.165, 1.54) is 20.1 Å². The van der Waals surface area contributed by atoms with Crippen LogP contribution in [-0.4, -0.2) is 19.6 Å². The summed E-state index contributed by atoms with van der Waals surface area (Å²) in [6.07, 6.45) is -16.6. The molecular weight excluding hydrogens is 739 g/mol. The molecule has 0 saturated heterocycles. The third kappa shape index (κ3) is 8.60. The maximum atomic E-state index is 14.8. The number of methoxy groups -OCH3 is 1. The summed E-state index contributed by atoms with van der Waals surface area (Å²) in [6.45, 7) is 4.04. The lowest BCUT2D eigenvalue weighted by atomic mass is 9.88. The summed E-state index contributed by atoms with van der Waals surface area (Å²) >= 11 is 1.64. The SMILES string of the molecule is COc1cc(F)c(C(C)C)cc1-c1c(I)cc(C(F)(F)F)cc1[C@@H](OC=O)[C@@H](C)NCc1cc(C(F)(F)F)cc(C(F)(F)F)c1. The minimum atomic E-state index is -5.10. The molecule has 0 aliphatic carbocycles. The Bertz CT molecular complexity index is 1500. The molecule has 0 amide bonds. The van der Waals surface area contributed by atoms with Crippen molar-refractivity contribution < 1.29 is 58.2 Å². The highest BCUT2D eigenvalue weighted by molar-refractivity contribution is 14.1. The molecule has 0 spiro atoms. The van der Waals surface area contributed by atoms with Crippen LogP contribution in [0.2, 0.25) is 0 Å². The Kier molecular flexibility index (Phi) is 11.1. The van der Waals surface area contributed by atoms with E-state index < -0.39 is 65.3 Å². The van der Waals surface area contributed by atoms with Gasteiger partial charge in [0.25, 0.3) is 6.47 Å². The number of halogens is 11. The highest BCUT2D eigenvalue weighted by Crippen LogP contribution is 2.45. The first-order chi connectivity index (χ1) is 20.7. The molecule has 3 aromatic carbocycles. The summed E-state index contributed by atoms with van der Waals surface area (Å²) in [5.41, 5.74) is -4.44. The topological polar surface area (TPSA) is 47.6 Å². The van der Waals surface area contributed by atoms with Gasteiger partial charge in [0.2, 0.25) is 0 Å². The van der Waals surface area contributed by atoms with Gasteiger partial charge in [0, 0.05) is 38.9 Å². The van der Waals surface area contributed by atoms with Gasteiger partial charge in [-0.15, -0.1) is 0 Å². The van der Waals surface area contributed by atoms with Gasteiger partial charge in [0.15, 0.2) is 0 Å². The summed E-state index contributed by atoms with van der Waals surface area (Å²) in [5.74, 6) is -1.05. The van der Waals surface area contributed by atoms with E-state index in [0.717, 1.165) is 12.1 Å². The summed E-state index contributed by atoms with van der Waals surface area (Å²) < 4.78 is 147. The Morgan fingerprint density at radius 2 is 1.33 bits per heavy atom. The molecule has 1 N–H and O–H groups in total. The zero-order valence-corrected chi connectivity index (χ0v) is 26.1. The summed E-state index contributed by atoms with van der Waals surface area (Å²) in [6, 6.07) is 3.79. The van der Waals surface area contributed by atoms with Gasteiger partial charge in [-0.1, -0.05) is 13.8 Å². The number of alkyl halides is 9. The van der Waals surface area contributed by atoms with Crippen molar-refractivity contribution in [3.05, 3.63) is 85.2 Å². The Morgan fingerprint density at radius 3 is 1.80 bits per heavy atom. The summed E-state index contributed by atoms with van der Waals surface area (Å²) in [5, 5.41) is 2.67. The third-order valence-electron chi connectivity index (χ3n) is 6.90. The van der Waals surface area contributed by atoms with Crippen LogP contribution in [0.1, 0.15) is 66.2 Å². The van der Waals surface area contributed by atoms with E-state index in [9.17, 15) is 48.7 Å². The van der Waals surface area contributed by atoms with E-state index in [4.69, 9.17) is 9.47 Å². The molecular formula is C30H26F10INO3. The number of ether oxygens (including phenoxy) is 2. The van der Waals surface area contributed by atoms with Crippen molar-refractivity contribution in [2.24, 2.45) is 0 Å². The van der Waals surface area contributed by atoms with Gasteiger partial charge in [-0.3, -0.25) is 4.79 Å². The van der Waals surface area contributed by atoms with E-state index in [0.29, 0.717) is 18.2 Å². The number of carbonyl (C=O) groups excluding carboxylic acids is 1. The van der Waals surface area contributed by atoms with Crippen molar-refractivity contribution >= 4 is 29.1 Å². The highest BCUT2D eigenvalue weighted by atomic mass is 127. The minimum Gasteiger partial charge on any atom is -0.496 e. The van der Waals surface area contributed by atoms with Crippen molar-refractivity contribution in [1.29, 1.82) is 0 Å². The Hall–Kier alpha value is -3.08. The predicted octanol–water partition coefficient (Wildman–Crippen LogP) is 9.68. The molecule has 3 rings (SSSR count). The van der Waals surface area contributed by atoms with Crippen molar-refractivity contribution in [2.45, 2.75) is 63.9 Å². The van der Waals surface area contributed by atoms with Gasteiger partial charge < -0.3 is 14.8 Å². The minimum absolute atomic E-state index is 0.0106. The first-order valence-corrected chi connectivity index (χ1v) is 14.2. The summed E-state index contributed by atoms with van der Waals surface area (Å²) in [4.78, 5) is 11.6. The van der Waals surface area contributed by atoms with E-state index in [2.05, 4.69) is 5.32 Å². The molecule has 0 fully saturated rings. The van der Waals surface area contributed by atoms with Gasteiger partial charge in [0.05, 0.1) is 23.8 Å². The highest BCUT2D eigenvalue weighted by Gasteiger charge is 2.38. The second-order valence-corrected chi connectivity index (χ2v) is 11.5. The molecule has 0 saturated carbocycles. The van der Waals surface area contributed by atoms with E-state index >= 15 is 0 Å². The van der Waals surface area contributed by atoms with Gasteiger partial charge >= 0.3 is 18.5 Å². The van der Waals surface area contributed by atoms with Crippen LogP contribution in [0.5, 0.6) is 5.75 Å². The van der Waals surface area contributed by atoms with Crippen molar-refractivity contribution in [2.75, 3.05) is 7.11 Å². The van der Waals surface area contributed by atoms with Crippen molar-refractivity contribution in [1.82, 2.24) is 5.32 Å². The lowest BCUT2D eigenvalue weighted by Crippen LogP contribution is -2.34. The Balaban J connectivity index is 2.19. The molecule has 0 bridgehead atoms. The average Bonchev–Trinajstić information content (AvgIpc) is 2.92. The molecule has 0 unspecified atom stereocenters. The van der Waals surface area contributed by atoms with Crippen LogP contribution in [0.15, 0.2) is 42.5 Å². The van der Waals surface area contributed by atoms with Gasteiger partial charge in [0.1, 0.15) is 17.7 Å². The fourth-order valence-electron chi connectivity index (χ4n) is 4.71. The van der Waals surface area contributed by atoms with Crippen LogP contribution >= 0.6 is 22.6 Å². The number of rotatable bonds is 10. The monoisotopic (exact) mass is 765 g/mol. The standard InChI is InChI=1S/C30H26F10INO3/c1-14(2)20-10-21(25(44-4)11-23(20)31)26-22(8-19(9-24(26)41)30(38,39)40)27(45-13-43)15(3)42-12-16-5-17(28(32,33)34)7-18(6-16)29(35,36)37/h5-11,13-15,27,42H,12H2,1-4H3/t15-,27+/m1/s1. The van der Waals surface area contributed by atoms with Crippen LogP contribution < -0.4 is 10.1 Å². The molecule has 0 aliphatic rings. The zero-order valence-electron chi connectivity index (χ0n) is 23.9. The van der Waals surface area contributed by atoms with Crippen LogP contribution in [0.3, 0.4) is 0 Å².